The molecule has 0 spiro atoms. The minimum absolute atomic E-state index is 0.0204. The van der Waals surface area contributed by atoms with Gasteiger partial charge in [-0.1, -0.05) is 29.8 Å². The lowest BCUT2D eigenvalue weighted by Crippen LogP contribution is -2.29. The Balaban J connectivity index is 1.66. The number of pyridine rings is 1. The number of carbonyl (C=O) groups excluding carboxylic acids is 1. The summed E-state index contributed by atoms with van der Waals surface area (Å²) in [6, 6.07) is 15.9. The molecular formula is C23H26N2O2. The zero-order valence-electron chi connectivity index (χ0n) is 16.5. The predicted octanol–water partition coefficient (Wildman–Crippen LogP) is 4.70. The zero-order valence-corrected chi connectivity index (χ0v) is 16.5. The van der Waals surface area contributed by atoms with Gasteiger partial charge in [-0.15, -0.1) is 0 Å². The highest BCUT2D eigenvalue weighted by Crippen LogP contribution is 2.21. The summed E-state index contributed by atoms with van der Waals surface area (Å²) in [7, 11) is 1.84. The largest absolute Gasteiger partial charge is 0.493 e. The number of aryl methyl sites for hydroxylation is 3. The third-order valence-electron chi connectivity index (χ3n) is 4.66. The SMILES string of the molecule is Cc1ccc2nc(C)cc(C(=O)N(C)CCCOc3ccccc3C)c2c1. The normalized spacial score (nSPS) is 10.8. The van der Waals surface area contributed by atoms with Crippen LogP contribution in [0.15, 0.2) is 48.5 Å². The van der Waals surface area contributed by atoms with Crippen LogP contribution in [0.2, 0.25) is 0 Å². The Morgan fingerprint density at radius 3 is 2.63 bits per heavy atom. The number of fused-ring (bicyclic) bond motifs is 1. The monoisotopic (exact) mass is 362 g/mol. The Bertz CT molecular complexity index is 966. The van der Waals surface area contributed by atoms with E-state index in [9.17, 15) is 4.79 Å². The Morgan fingerprint density at radius 1 is 1.07 bits per heavy atom. The van der Waals surface area contributed by atoms with Crippen molar-refractivity contribution in [3.63, 3.8) is 0 Å². The van der Waals surface area contributed by atoms with Gasteiger partial charge in [-0.3, -0.25) is 9.78 Å². The highest BCUT2D eigenvalue weighted by molar-refractivity contribution is 6.06. The minimum Gasteiger partial charge on any atom is -0.493 e. The molecule has 0 aliphatic carbocycles. The number of hydrogen-bond acceptors (Lipinski definition) is 3. The summed E-state index contributed by atoms with van der Waals surface area (Å²) < 4.78 is 5.83. The maximum atomic E-state index is 13.0. The summed E-state index contributed by atoms with van der Waals surface area (Å²) in [5.74, 6) is 0.921. The van der Waals surface area contributed by atoms with Crippen LogP contribution in [-0.2, 0) is 0 Å². The average molecular weight is 362 g/mol. The van der Waals surface area contributed by atoms with Gasteiger partial charge in [0, 0.05) is 24.7 Å². The van der Waals surface area contributed by atoms with Crippen LogP contribution in [0.1, 0.15) is 33.6 Å². The molecule has 0 radical (unpaired) electrons. The molecule has 3 rings (SSSR count). The lowest BCUT2D eigenvalue weighted by atomic mass is 10.0. The number of nitrogens with zero attached hydrogens (tertiary/aromatic N) is 2. The fraction of sp³-hybridized carbons (Fsp3) is 0.304. The summed E-state index contributed by atoms with van der Waals surface area (Å²) >= 11 is 0. The van der Waals surface area contributed by atoms with Crippen molar-refractivity contribution in [1.29, 1.82) is 0 Å². The Morgan fingerprint density at radius 2 is 1.85 bits per heavy atom. The molecule has 0 saturated carbocycles. The predicted molar refractivity (Wildman–Crippen MR) is 109 cm³/mol. The number of para-hydroxylation sites is 1. The molecule has 2 aromatic carbocycles. The van der Waals surface area contributed by atoms with Gasteiger partial charge >= 0.3 is 0 Å². The molecule has 0 bridgehead atoms. The molecule has 0 atom stereocenters. The molecule has 4 heteroatoms. The highest BCUT2D eigenvalue weighted by atomic mass is 16.5. The molecule has 3 aromatic rings. The second kappa shape index (κ2) is 8.21. The Kier molecular flexibility index (Phi) is 5.75. The van der Waals surface area contributed by atoms with Crippen molar-refractivity contribution >= 4 is 16.8 Å². The average Bonchev–Trinajstić information content (AvgIpc) is 2.65. The van der Waals surface area contributed by atoms with E-state index in [-0.39, 0.29) is 5.91 Å². The van der Waals surface area contributed by atoms with Gasteiger partial charge in [0.1, 0.15) is 5.75 Å². The van der Waals surface area contributed by atoms with Gasteiger partial charge in [0.15, 0.2) is 0 Å². The quantitative estimate of drug-likeness (QED) is 0.597. The molecule has 27 heavy (non-hydrogen) atoms. The number of hydrogen-bond donors (Lipinski definition) is 0. The molecule has 4 nitrogen and oxygen atoms in total. The molecule has 0 aliphatic heterocycles. The van der Waals surface area contributed by atoms with Crippen molar-refractivity contribution in [2.75, 3.05) is 20.2 Å². The van der Waals surface area contributed by atoms with Crippen LogP contribution in [-0.4, -0.2) is 36.0 Å². The van der Waals surface area contributed by atoms with Gasteiger partial charge in [0.25, 0.3) is 5.91 Å². The van der Waals surface area contributed by atoms with Crippen LogP contribution in [0.4, 0.5) is 0 Å². The van der Waals surface area contributed by atoms with Gasteiger partial charge < -0.3 is 9.64 Å². The fourth-order valence-corrected chi connectivity index (χ4v) is 3.16. The van der Waals surface area contributed by atoms with E-state index in [1.165, 1.54) is 0 Å². The van der Waals surface area contributed by atoms with Crippen LogP contribution in [0.3, 0.4) is 0 Å². The molecule has 0 N–H and O–H groups in total. The summed E-state index contributed by atoms with van der Waals surface area (Å²) in [5, 5.41) is 0.911. The first-order chi connectivity index (χ1) is 13.0. The molecule has 140 valence electrons. The first-order valence-corrected chi connectivity index (χ1v) is 9.27. The van der Waals surface area contributed by atoms with E-state index in [0.29, 0.717) is 18.7 Å². The van der Waals surface area contributed by atoms with E-state index in [2.05, 4.69) is 4.98 Å². The lowest BCUT2D eigenvalue weighted by Gasteiger charge is -2.19. The van der Waals surface area contributed by atoms with Crippen LogP contribution < -0.4 is 4.74 Å². The second-order valence-electron chi connectivity index (χ2n) is 7.03. The third-order valence-corrected chi connectivity index (χ3v) is 4.66. The number of rotatable bonds is 6. The summed E-state index contributed by atoms with van der Waals surface area (Å²) in [4.78, 5) is 19.3. The van der Waals surface area contributed by atoms with Gasteiger partial charge in [-0.05, 0) is 57.0 Å². The minimum atomic E-state index is 0.0204. The van der Waals surface area contributed by atoms with E-state index < -0.39 is 0 Å². The maximum Gasteiger partial charge on any atom is 0.254 e. The summed E-state index contributed by atoms with van der Waals surface area (Å²) in [6.45, 7) is 7.20. The maximum absolute atomic E-state index is 13.0. The molecule has 0 saturated heterocycles. The molecular weight excluding hydrogens is 336 g/mol. The number of aromatic nitrogens is 1. The van der Waals surface area contributed by atoms with Crippen LogP contribution in [0.25, 0.3) is 10.9 Å². The van der Waals surface area contributed by atoms with Crippen LogP contribution >= 0.6 is 0 Å². The van der Waals surface area contributed by atoms with E-state index in [1.54, 1.807) is 4.90 Å². The highest BCUT2D eigenvalue weighted by Gasteiger charge is 2.16. The molecule has 0 unspecified atom stereocenters. The van der Waals surface area contributed by atoms with Gasteiger partial charge in [-0.2, -0.15) is 0 Å². The van der Waals surface area contributed by atoms with Crippen molar-refractivity contribution in [3.8, 4) is 5.75 Å². The molecule has 1 amide bonds. The molecule has 0 fully saturated rings. The van der Waals surface area contributed by atoms with Crippen molar-refractivity contribution in [2.24, 2.45) is 0 Å². The zero-order chi connectivity index (χ0) is 19.4. The molecule has 1 heterocycles. The Hall–Kier alpha value is -2.88. The lowest BCUT2D eigenvalue weighted by molar-refractivity contribution is 0.0789. The number of ether oxygens (including phenoxy) is 1. The Labute approximate surface area is 160 Å². The van der Waals surface area contributed by atoms with Crippen molar-refractivity contribution in [3.05, 3.63) is 70.9 Å². The third kappa shape index (κ3) is 4.45. The van der Waals surface area contributed by atoms with E-state index in [1.807, 2.05) is 76.3 Å². The standard InChI is InChI=1S/C23H26N2O2/c1-16-10-11-21-19(14-16)20(15-18(3)24-21)23(26)25(4)12-7-13-27-22-9-6-5-8-17(22)2/h5-6,8-11,14-15H,7,12-13H2,1-4H3. The number of amides is 1. The van der Waals surface area contributed by atoms with Crippen LogP contribution in [0, 0.1) is 20.8 Å². The van der Waals surface area contributed by atoms with Crippen LogP contribution in [0.5, 0.6) is 5.75 Å². The molecule has 0 aliphatic rings. The summed E-state index contributed by atoms with van der Waals surface area (Å²) in [6.07, 6.45) is 0.775. The molecule has 1 aromatic heterocycles. The van der Waals surface area contributed by atoms with Gasteiger partial charge in [0.05, 0.1) is 17.7 Å². The summed E-state index contributed by atoms with van der Waals surface area (Å²) in [5.41, 5.74) is 4.67. The smallest absolute Gasteiger partial charge is 0.254 e. The number of carbonyl (C=O) groups is 1. The first-order valence-electron chi connectivity index (χ1n) is 9.27. The van der Waals surface area contributed by atoms with Crippen molar-refractivity contribution in [2.45, 2.75) is 27.2 Å². The van der Waals surface area contributed by atoms with E-state index >= 15 is 0 Å². The van der Waals surface area contributed by atoms with Gasteiger partial charge in [0.2, 0.25) is 0 Å². The van der Waals surface area contributed by atoms with E-state index in [4.69, 9.17) is 4.74 Å². The van der Waals surface area contributed by atoms with Crippen molar-refractivity contribution < 1.29 is 9.53 Å². The van der Waals surface area contributed by atoms with E-state index in [0.717, 1.165) is 39.9 Å². The number of benzene rings is 2. The van der Waals surface area contributed by atoms with Crippen molar-refractivity contribution in [1.82, 2.24) is 9.88 Å². The van der Waals surface area contributed by atoms with Gasteiger partial charge in [-0.25, -0.2) is 0 Å². The fourth-order valence-electron chi connectivity index (χ4n) is 3.16. The second-order valence-corrected chi connectivity index (χ2v) is 7.03. The first kappa shape index (κ1) is 18.9. The topological polar surface area (TPSA) is 42.4 Å².